The molecular formula is C14H14F5NO. The van der Waals surface area contributed by atoms with Gasteiger partial charge in [-0.1, -0.05) is 0 Å². The topological polar surface area (TPSA) is 20.3 Å². The molecule has 1 saturated heterocycles. The summed E-state index contributed by atoms with van der Waals surface area (Å²) in [4.78, 5) is 13.4. The second-order valence-electron chi connectivity index (χ2n) is 5.14. The Kier molecular flexibility index (Phi) is 4.61. The second kappa shape index (κ2) is 6.09. The molecule has 0 bridgehead atoms. The van der Waals surface area contributed by atoms with Gasteiger partial charge in [-0.3, -0.25) is 9.69 Å². The Bertz CT molecular complexity index is 521. The van der Waals surface area contributed by atoms with Crippen LogP contribution in [0.5, 0.6) is 0 Å². The zero-order chi connectivity index (χ0) is 15.6. The summed E-state index contributed by atoms with van der Waals surface area (Å²) in [6, 6.07) is 2.57. The quantitative estimate of drug-likeness (QED) is 0.630. The van der Waals surface area contributed by atoms with Crippen molar-refractivity contribution in [1.29, 1.82) is 0 Å². The van der Waals surface area contributed by atoms with Gasteiger partial charge >= 0.3 is 6.18 Å². The van der Waals surface area contributed by atoms with Gasteiger partial charge in [0.2, 0.25) is 0 Å². The molecule has 1 aliphatic heterocycles. The number of rotatable bonds is 3. The minimum absolute atomic E-state index is 0.0809. The number of hydrogen-bond donors (Lipinski definition) is 0. The first-order valence-electron chi connectivity index (χ1n) is 6.54. The summed E-state index contributed by atoms with van der Waals surface area (Å²) in [5, 5.41) is 0. The van der Waals surface area contributed by atoms with Crippen LogP contribution in [-0.4, -0.2) is 36.5 Å². The maximum absolute atomic E-state index is 13.4. The molecule has 0 unspecified atom stereocenters. The van der Waals surface area contributed by atoms with E-state index >= 15 is 0 Å². The van der Waals surface area contributed by atoms with Crippen molar-refractivity contribution in [2.45, 2.75) is 19.0 Å². The molecule has 1 aromatic carbocycles. The van der Waals surface area contributed by atoms with E-state index in [2.05, 4.69) is 0 Å². The number of carbonyl (C=O) groups is 1. The number of alkyl halides is 3. The molecule has 1 fully saturated rings. The number of benzene rings is 1. The number of hydrogen-bond acceptors (Lipinski definition) is 2. The van der Waals surface area contributed by atoms with E-state index in [0.717, 1.165) is 18.2 Å². The molecule has 1 heterocycles. The number of carbonyl (C=O) groups excluding carboxylic acids is 1. The highest BCUT2D eigenvalue weighted by Gasteiger charge is 2.41. The van der Waals surface area contributed by atoms with Crippen LogP contribution in [0.15, 0.2) is 18.2 Å². The van der Waals surface area contributed by atoms with Gasteiger partial charge in [0.15, 0.2) is 5.78 Å². The largest absolute Gasteiger partial charge is 0.391 e. The Hall–Kier alpha value is -1.50. The predicted molar refractivity (Wildman–Crippen MR) is 65.9 cm³/mol. The number of ketones is 1. The third-order valence-corrected chi connectivity index (χ3v) is 3.65. The number of likely N-dealkylation sites (tertiary alicyclic amines) is 1. The van der Waals surface area contributed by atoms with E-state index in [4.69, 9.17) is 0 Å². The van der Waals surface area contributed by atoms with Crippen molar-refractivity contribution in [3.05, 3.63) is 35.4 Å². The molecule has 1 aliphatic rings. The smallest absolute Gasteiger partial charge is 0.296 e. The van der Waals surface area contributed by atoms with Crippen molar-refractivity contribution >= 4 is 5.78 Å². The average Bonchev–Trinajstić information content (AvgIpc) is 2.41. The highest BCUT2D eigenvalue weighted by molar-refractivity contribution is 5.97. The van der Waals surface area contributed by atoms with Crippen molar-refractivity contribution in [2.75, 3.05) is 19.6 Å². The third kappa shape index (κ3) is 4.00. The van der Waals surface area contributed by atoms with Crippen LogP contribution >= 0.6 is 0 Å². The molecule has 0 aromatic heterocycles. The Morgan fingerprint density at radius 1 is 1.19 bits per heavy atom. The fourth-order valence-corrected chi connectivity index (χ4v) is 2.42. The maximum atomic E-state index is 13.4. The molecule has 0 saturated carbocycles. The highest BCUT2D eigenvalue weighted by Crippen LogP contribution is 2.34. The number of nitrogens with zero attached hydrogens (tertiary/aromatic N) is 1. The number of halogens is 5. The Morgan fingerprint density at radius 2 is 1.81 bits per heavy atom. The molecule has 21 heavy (non-hydrogen) atoms. The van der Waals surface area contributed by atoms with Crippen molar-refractivity contribution in [3.63, 3.8) is 0 Å². The molecule has 0 amide bonds. The van der Waals surface area contributed by atoms with Gasteiger partial charge in [-0.2, -0.15) is 13.2 Å². The SMILES string of the molecule is O=C(CN1CCC(C(F)(F)F)CC1)c1cc(F)ccc1F. The average molecular weight is 307 g/mol. The number of Topliss-reactive ketones (excluding diaryl/α,β-unsaturated/α-hetero) is 1. The summed E-state index contributed by atoms with van der Waals surface area (Å²) in [5.74, 6) is -3.53. The lowest BCUT2D eigenvalue weighted by Gasteiger charge is -2.32. The minimum atomic E-state index is -4.22. The van der Waals surface area contributed by atoms with E-state index < -0.39 is 29.5 Å². The fourth-order valence-electron chi connectivity index (χ4n) is 2.42. The van der Waals surface area contributed by atoms with Gasteiger partial charge in [0.25, 0.3) is 0 Å². The van der Waals surface area contributed by atoms with Gasteiger partial charge < -0.3 is 0 Å². The molecule has 1 aromatic rings. The van der Waals surface area contributed by atoms with Gasteiger partial charge in [-0.25, -0.2) is 8.78 Å². The monoisotopic (exact) mass is 307 g/mol. The van der Waals surface area contributed by atoms with E-state index in [1.807, 2.05) is 0 Å². The summed E-state index contributed by atoms with van der Waals surface area (Å²) in [7, 11) is 0. The second-order valence-corrected chi connectivity index (χ2v) is 5.14. The Morgan fingerprint density at radius 3 is 2.38 bits per heavy atom. The summed E-state index contributed by atoms with van der Waals surface area (Å²) < 4.78 is 64.0. The van der Waals surface area contributed by atoms with E-state index in [1.54, 1.807) is 0 Å². The van der Waals surface area contributed by atoms with Crippen LogP contribution in [0.25, 0.3) is 0 Å². The molecule has 7 heteroatoms. The molecule has 0 N–H and O–H groups in total. The summed E-state index contributed by atoms with van der Waals surface area (Å²) in [6.45, 7) is 0.0324. The van der Waals surface area contributed by atoms with Crippen molar-refractivity contribution < 1.29 is 26.7 Å². The zero-order valence-corrected chi connectivity index (χ0v) is 11.1. The van der Waals surface area contributed by atoms with E-state index in [-0.39, 0.29) is 38.0 Å². The third-order valence-electron chi connectivity index (χ3n) is 3.65. The summed E-state index contributed by atoms with van der Waals surface area (Å²) >= 11 is 0. The van der Waals surface area contributed by atoms with Crippen LogP contribution in [-0.2, 0) is 0 Å². The van der Waals surface area contributed by atoms with Crippen LogP contribution in [0.2, 0.25) is 0 Å². The maximum Gasteiger partial charge on any atom is 0.391 e. The molecular weight excluding hydrogens is 293 g/mol. The molecule has 116 valence electrons. The van der Waals surface area contributed by atoms with Crippen LogP contribution in [0.3, 0.4) is 0 Å². The fraction of sp³-hybridized carbons (Fsp3) is 0.500. The lowest BCUT2D eigenvalue weighted by atomic mass is 9.96. The van der Waals surface area contributed by atoms with Gasteiger partial charge in [-0.05, 0) is 44.1 Å². The van der Waals surface area contributed by atoms with Crippen LogP contribution in [0.1, 0.15) is 23.2 Å². The molecule has 0 aliphatic carbocycles. The minimum Gasteiger partial charge on any atom is -0.296 e. The lowest BCUT2D eigenvalue weighted by Crippen LogP contribution is -2.41. The van der Waals surface area contributed by atoms with Gasteiger partial charge in [0.05, 0.1) is 18.0 Å². The standard InChI is InChI=1S/C14H14F5NO/c15-10-1-2-12(16)11(7-10)13(21)8-20-5-3-9(4-6-20)14(17,18)19/h1-2,7,9H,3-6,8H2. The van der Waals surface area contributed by atoms with E-state index in [0.29, 0.717) is 0 Å². The van der Waals surface area contributed by atoms with Crippen molar-refractivity contribution in [2.24, 2.45) is 5.92 Å². The first kappa shape index (κ1) is 15.9. The molecule has 0 spiro atoms. The van der Waals surface area contributed by atoms with Gasteiger partial charge in [-0.15, -0.1) is 0 Å². The number of piperidine rings is 1. The van der Waals surface area contributed by atoms with Gasteiger partial charge in [0, 0.05) is 0 Å². The summed E-state index contributed by atoms with van der Waals surface area (Å²) in [5.41, 5.74) is -0.368. The van der Waals surface area contributed by atoms with Crippen LogP contribution < -0.4 is 0 Å². The normalized spacial score (nSPS) is 18.0. The Balaban J connectivity index is 1.94. The molecule has 0 radical (unpaired) electrons. The van der Waals surface area contributed by atoms with E-state index in [1.165, 1.54) is 4.90 Å². The lowest BCUT2D eigenvalue weighted by molar-refractivity contribution is -0.184. The van der Waals surface area contributed by atoms with Crippen molar-refractivity contribution in [1.82, 2.24) is 4.90 Å². The van der Waals surface area contributed by atoms with Crippen LogP contribution in [0.4, 0.5) is 22.0 Å². The summed E-state index contributed by atoms with van der Waals surface area (Å²) in [6.07, 6.45) is -4.38. The highest BCUT2D eigenvalue weighted by atomic mass is 19.4. The predicted octanol–water partition coefficient (Wildman–Crippen LogP) is 3.42. The molecule has 2 nitrogen and oxygen atoms in total. The molecule has 2 rings (SSSR count). The first-order chi connectivity index (χ1) is 9.77. The first-order valence-corrected chi connectivity index (χ1v) is 6.54. The van der Waals surface area contributed by atoms with Gasteiger partial charge in [0.1, 0.15) is 11.6 Å². The van der Waals surface area contributed by atoms with Crippen molar-refractivity contribution in [3.8, 4) is 0 Å². The molecule has 0 atom stereocenters. The Labute approximate surface area is 118 Å². The van der Waals surface area contributed by atoms with Crippen LogP contribution in [0, 0.1) is 17.6 Å². The van der Waals surface area contributed by atoms with E-state index in [9.17, 15) is 26.7 Å². The zero-order valence-electron chi connectivity index (χ0n) is 11.1.